The van der Waals surface area contributed by atoms with Crippen LogP contribution in [-0.2, 0) is 48.6 Å². The molecule has 4 aliphatic rings. The van der Waals surface area contributed by atoms with Gasteiger partial charge in [0, 0.05) is 74.3 Å². The van der Waals surface area contributed by atoms with Crippen LogP contribution in [0.1, 0.15) is 115 Å². The van der Waals surface area contributed by atoms with Gasteiger partial charge in [0.1, 0.15) is 28.8 Å². The minimum absolute atomic E-state index is 0.106. The molecule has 91 heavy (non-hydrogen) atoms. The number of aromatic nitrogens is 4. The maximum atomic E-state index is 11.7. The highest BCUT2D eigenvalue weighted by molar-refractivity contribution is 8.00. The quantitative estimate of drug-likeness (QED) is 0.0351. The number of rotatable bonds is 27. The van der Waals surface area contributed by atoms with Gasteiger partial charge in [-0.05, 0) is 177 Å². The van der Waals surface area contributed by atoms with Crippen LogP contribution in [0.5, 0.6) is 5.75 Å². The monoisotopic (exact) mass is 1330 g/mol. The topological polar surface area (TPSA) is 230 Å². The number of hydrogen-bond acceptors (Lipinski definition) is 18. The van der Waals surface area contributed by atoms with Crippen molar-refractivity contribution in [2.24, 2.45) is 0 Å². The molecule has 0 unspecified atom stereocenters. The van der Waals surface area contributed by atoms with Gasteiger partial charge in [0.15, 0.2) is 0 Å². The molecule has 4 aromatic carbocycles. The van der Waals surface area contributed by atoms with Gasteiger partial charge >= 0.3 is 0 Å². The SMILES string of the molecule is CCc1ccc(-c2nc(CSCC(=O)NC3CC3)c(C)o2)cc1.COc1ccc(-c2nc(CSCC(=O)NC3CC3)c(C)o2)cc1.CSc1ccc(-c2nc(CSCC(=O)NC3CC3)c(C)o2)cc1.Cc1ccc(-c2nc(CSCC(=O)NC3CC3)c(C)o2)cc1. The number of nitrogens with zero attached hydrogens (tertiary/aromatic N) is 4. The van der Waals surface area contributed by atoms with Crippen molar-refractivity contribution in [3.05, 3.63) is 154 Å². The lowest BCUT2D eigenvalue weighted by molar-refractivity contribution is -0.119. The predicted molar refractivity (Wildman–Crippen MR) is 368 cm³/mol. The molecule has 0 aliphatic heterocycles. The van der Waals surface area contributed by atoms with Crippen molar-refractivity contribution in [1.82, 2.24) is 41.2 Å². The Morgan fingerprint density at radius 1 is 0.429 bits per heavy atom. The standard InChI is InChI=1S/C18H22N2O2S.C17H20N2O3S.C17H20N2O2S2.C17H20N2O2S/c1-3-13-4-6-14(7-5-13)18-20-16(12(2)22-18)10-23-11-17(21)19-15-8-9-15;1-11-15(9-23-10-16(20)18-13-5-6-13)19-17(22-11)12-3-7-14(21-2)8-4-12;1-11-15(9-23-10-16(20)18-13-5-6-13)19-17(21-11)12-3-7-14(22-2)8-4-12;1-11-3-5-13(6-4-11)17-19-15(12(2)21-17)9-22-10-16(20)18-14-7-8-14/h4-7,15H,3,8-11H2,1-2H3,(H,19,21);2*3-4,7-8,13H,5-6,9-10H2,1-2H3,(H,18,20);3-6,14H,7-10H2,1-2H3,(H,18,20). The molecule has 0 spiro atoms. The summed E-state index contributed by atoms with van der Waals surface area (Å²) in [6.07, 6.45) is 12.0. The number of ether oxygens (including phenoxy) is 1. The van der Waals surface area contributed by atoms with Gasteiger partial charge in [-0.15, -0.1) is 58.8 Å². The van der Waals surface area contributed by atoms with E-state index in [1.165, 1.54) is 16.0 Å². The number of aryl methyl sites for hydroxylation is 6. The van der Waals surface area contributed by atoms with E-state index in [-0.39, 0.29) is 23.6 Å². The molecular weight excluding hydrogens is 1250 g/mol. The summed E-state index contributed by atoms with van der Waals surface area (Å²) in [5.41, 5.74) is 10.0. The number of nitrogens with one attached hydrogen (secondary N) is 4. The van der Waals surface area contributed by atoms with Crippen LogP contribution in [0.15, 0.2) is 120 Å². The number of hydrogen-bond donors (Lipinski definition) is 4. The van der Waals surface area contributed by atoms with Crippen LogP contribution in [0, 0.1) is 34.6 Å². The van der Waals surface area contributed by atoms with Crippen molar-refractivity contribution in [2.75, 3.05) is 36.4 Å². The van der Waals surface area contributed by atoms with Gasteiger partial charge in [-0.1, -0.05) is 36.8 Å². The average Bonchev–Trinajstić information content (AvgIpc) is 2.04. The second-order valence-electron chi connectivity index (χ2n) is 22.8. The highest BCUT2D eigenvalue weighted by Crippen LogP contribution is 2.31. The normalized spacial score (nSPS) is 14.0. The summed E-state index contributed by atoms with van der Waals surface area (Å²) in [5.74, 6) is 11.7. The maximum absolute atomic E-state index is 11.7. The molecule has 4 fully saturated rings. The van der Waals surface area contributed by atoms with E-state index in [0.717, 1.165) is 132 Å². The fraction of sp³-hybridized carbons (Fsp3) is 0.420. The third-order valence-corrected chi connectivity index (χ3v) is 19.3. The first kappa shape index (κ1) is 68.5. The molecule has 4 amide bonds. The van der Waals surface area contributed by atoms with Crippen molar-refractivity contribution in [2.45, 2.75) is 151 Å². The van der Waals surface area contributed by atoms with Gasteiger partial charge in [-0.2, -0.15) is 0 Å². The van der Waals surface area contributed by atoms with Crippen LogP contribution in [0.2, 0.25) is 0 Å². The van der Waals surface area contributed by atoms with Gasteiger partial charge in [0.05, 0.1) is 52.9 Å². The molecule has 4 saturated carbocycles. The second-order valence-corrected chi connectivity index (χ2v) is 27.6. The summed E-state index contributed by atoms with van der Waals surface area (Å²) in [4.78, 5) is 66.2. The minimum atomic E-state index is 0.106. The van der Waals surface area contributed by atoms with E-state index in [4.69, 9.17) is 22.4 Å². The molecule has 22 heteroatoms. The van der Waals surface area contributed by atoms with E-state index in [9.17, 15) is 19.2 Å². The van der Waals surface area contributed by atoms with Crippen LogP contribution in [0.4, 0.5) is 0 Å². The smallest absolute Gasteiger partial charge is 0.230 e. The Morgan fingerprint density at radius 3 is 0.967 bits per heavy atom. The number of thioether (sulfide) groups is 5. The Kier molecular flexibility index (Phi) is 25.7. The fourth-order valence-corrected chi connectivity index (χ4v) is 12.5. The Balaban J connectivity index is 0.000000144. The largest absolute Gasteiger partial charge is 0.497 e. The van der Waals surface area contributed by atoms with Crippen LogP contribution >= 0.6 is 58.8 Å². The number of methoxy groups -OCH3 is 1. The van der Waals surface area contributed by atoms with Crippen molar-refractivity contribution < 1.29 is 41.6 Å². The lowest BCUT2D eigenvalue weighted by atomic mass is 10.1. The molecule has 4 aliphatic carbocycles. The van der Waals surface area contributed by atoms with Crippen LogP contribution < -0.4 is 26.0 Å². The molecule has 0 bridgehead atoms. The molecule has 8 aromatic rings. The van der Waals surface area contributed by atoms with Crippen LogP contribution in [0.3, 0.4) is 0 Å². The third-order valence-electron chi connectivity index (χ3n) is 14.8. The molecule has 17 nitrogen and oxygen atoms in total. The predicted octanol–water partition coefficient (Wildman–Crippen LogP) is 14.2. The molecule has 0 radical (unpaired) electrons. The van der Waals surface area contributed by atoms with Crippen LogP contribution in [0.25, 0.3) is 45.8 Å². The number of benzene rings is 4. The first-order valence-corrected chi connectivity index (χ1v) is 36.7. The Bertz CT molecular complexity index is 3360. The highest BCUT2D eigenvalue weighted by atomic mass is 32.2. The Morgan fingerprint density at radius 2 is 0.703 bits per heavy atom. The van der Waals surface area contributed by atoms with Crippen molar-refractivity contribution in [1.29, 1.82) is 0 Å². The molecule has 4 aromatic heterocycles. The number of carbonyl (C=O) groups is 4. The lowest BCUT2D eigenvalue weighted by Crippen LogP contribution is -2.27. The molecule has 4 heterocycles. The van der Waals surface area contributed by atoms with E-state index in [0.29, 0.717) is 93.8 Å². The van der Waals surface area contributed by atoms with Crippen molar-refractivity contribution in [3.8, 4) is 51.6 Å². The molecular formula is C69H82N8O9S5. The van der Waals surface area contributed by atoms with Crippen molar-refractivity contribution in [3.63, 3.8) is 0 Å². The van der Waals surface area contributed by atoms with E-state index in [1.807, 2.05) is 100 Å². The second kappa shape index (κ2) is 34.2. The van der Waals surface area contributed by atoms with Gasteiger partial charge < -0.3 is 43.7 Å². The Hall–Kier alpha value is -6.85. The van der Waals surface area contributed by atoms with Gasteiger partial charge in [-0.3, -0.25) is 19.2 Å². The van der Waals surface area contributed by atoms with E-state index < -0.39 is 0 Å². The summed E-state index contributed by atoms with van der Waals surface area (Å²) >= 11 is 8.00. The number of amides is 4. The molecule has 0 atom stereocenters. The highest BCUT2D eigenvalue weighted by Gasteiger charge is 2.26. The molecule has 12 rings (SSSR count). The summed E-state index contributed by atoms with van der Waals surface area (Å²) in [6.45, 7) is 11.9. The maximum Gasteiger partial charge on any atom is 0.230 e. The van der Waals surface area contributed by atoms with Gasteiger partial charge in [0.2, 0.25) is 47.2 Å². The first-order chi connectivity index (χ1) is 44.1. The van der Waals surface area contributed by atoms with Crippen molar-refractivity contribution >= 4 is 82.4 Å². The molecule has 482 valence electrons. The van der Waals surface area contributed by atoms with Crippen LogP contribution in [-0.4, -0.2) is 104 Å². The minimum Gasteiger partial charge on any atom is -0.497 e. The zero-order chi connectivity index (χ0) is 64.2. The van der Waals surface area contributed by atoms with E-state index in [1.54, 1.807) is 65.9 Å². The summed E-state index contributed by atoms with van der Waals surface area (Å²) in [5, 5.41) is 12.0. The Labute approximate surface area is 554 Å². The van der Waals surface area contributed by atoms with Gasteiger partial charge in [-0.25, -0.2) is 19.9 Å². The molecule has 0 saturated heterocycles. The van der Waals surface area contributed by atoms with Gasteiger partial charge in [0.25, 0.3) is 0 Å². The molecule has 4 N–H and O–H groups in total. The number of carbonyl (C=O) groups excluding carboxylic acids is 4. The lowest BCUT2D eigenvalue weighted by Gasteiger charge is -2.02. The summed E-state index contributed by atoms with van der Waals surface area (Å²) < 4.78 is 28.2. The average molecular weight is 1330 g/mol. The summed E-state index contributed by atoms with van der Waals surface area (Å²) in [6, 6.07) is 33.9. The zero-order valence-electron chi connectivity index (χ0n) is 53.1. The van der Waals surface area contributed by atoms with E-state index >= 15 is 0 Å². The number of oxazole rings is 4. The summed E-state index contributed by atoms with van der Waals surface area (Å²) in [7, 11) is 1.64. The fourth-order valence-electron chi connectivity index (χ4n) is 8.74. The third kappa shape index (κ3) is 22.7. The van der Waals surface area contributed by atoms with E-state index in [2.05, 4.69) is 85.6 Å². The zero-order valence-corrected chi connectivity index (χ0v) is 57.2. The first-order valence-electron chi connectivity index (χ1n) is 30.9.